The fourth-order valence-corrected chi connectivity index (χ4v) is 9.23. The van der Waals surface area contributed by atoms with Crippen molar-refractivity contribution >= 4 is 109 Å². The lowest BCUT2D eigenvalue weighted by Crippen LogP contribution is -1.99. The van der Waals surface area contributed by atoms with Crippen LogP contribution in [0, 0.1) is 0 Å². The molecule has 0 radical (unpaired) electrons. The molecular formula is C34H14N6O4S4. The standard InChI is InChI=1S/C34H14N6O4S4/c41-23(15-7-3-1-4-8-15)27-37-31-33(45-27)39-29(47-31)25-35-19-11-17-14-22-20(12-18(17)13-21(19)43-25)36-26(44-22)30-40-34-32(48-30)38-28(46-34)24(42)16-9-5-2-6-10-16/h1-14H. The molecule has 0 aliphatic carbocycles. The van der Waals surface area contributed by atoms with Gasteiger partial charge in [0.1, 0.15) is 11.0 Å². The van der Waals surface area contributed by atoms with Crippen molar-refractivity contribution in [3.63, 3.8) is 0 Å². The van der Waals surface area contributed by atoms with E-state index in [0.29, 0.717) is 84.5 Å². The first kappa shape index (κ1) is 27.6. The summed E-state index contributed by atoms with van der Waals surface area (Å²) in [5.41, 5.74) is 3.76. The highest BCUT2D eigenvalue weighted by molar-refractivity contribution is 7.29. The van der Waals surface area contributed by atoms with Gasteiger partial charge < -0.3 is 8.83 Å². The molecule has 48 heavy (non-hydrogen) atoms. The Morgan fingerprint density at radius 2 is 0.896 bits per heavy atom. The maximum atomic E-state index is 12.8. The third-order valence-corrected chi connectivity index (χ3v) is 11.7. The lowest BCUT2D eigenvalue weighted by Gasteiger charge is -1.96. The van der Waals surface area contributed by atoms with Crippen molar-refractivity contribution in [3.8, 4) is 21.8 Å². The monoisotopic (exact) mass is 698 g/mol. The quantitative estimate of drug-likeness (QED) is 0.155. The summed E-state index contributed by atoms with van der Waals surface area (Å²) in [6, 6.07) is 25.9. The third kappa shape index (κ3) is 4.49. The molecule has 10 rings (SSSR count). The normalized spacial score (nSPS) is 11.9. The van der Waals surface area contributed by atoms with Gasteiger partial charge in [-0.1, -0.05) is 106 Å². The minimum atomic E-state index is -0.123. The van der Waals surface area contributed by atoms with Crippen molar-refractivity contribution in [2.24, 2.45) is 0 Å². The number of benzene rings is 4. The van der Waals surface area contributed by atoms with Crippen molar-refractivity contribution in [1.82, 2.24) is 29.9 Å². The summed E-state index contributed by atoms with van der Waals surface area (Å²) >= 11 is 5.20. The number of ketones is 2. The molecule has 0 fully saturated rings. The molecule has 10 aromatic rings. The van der Waals surface area contributed by atoms with Crippen molar-refractivity contribution < 1.29 is 18.4 Å². The van der Waals surface area contributed by atoms with E-state index in [0.717, 1.165) is 10.8 Å². The Labute approximate surface area is 284 Å². The molecule has 0 unspecified atom stereocenters. The molecule has 4 aromatic carbocycles. The van der Waals surface area contributed by atoms with Crippen LogP contribution in [0.2, 0.25) is 0 Å². The minimum absolute atomic E-state index is 0.123. The SMILES string of the molecule is O=C(c1ccccc1)c1nc2sc(-c3nc4cc5cc6oc(-c7nc8sc(C(=O)c9ccccc9)nc8s7)nc6cc5cc4o3)nc2s1. The summed E-state index contributed by atoms with van der Waals surface area (Å²) in [5.74, 6) is 0.535. The number of aromatic nitrogens is 6. The predicted octanol–water partition coefficient (Wildman–Crippen LogP) is 9.05. The van der Waals surface area contributed by atoms with Gasteiger partial charge in [0.15, 0.2) is 50.5 Å². The van der Waals surface area contributed by atoms with Crippen LogP contribution < -0.4 is 0 Å². The molecule has 6 heterocycles. The molecule has 0 aliphatic heterocycles. The highest BCUT2D eigenvalue weighted by Gasteiger charge is 2.22. The first-order valence-corrected chi connectivity index (χ1v) is 17.7. The number of hydrogen-bond acceptors (Lipinski definition) is 14. The summed E-state index contributed by atoms with van der Waals surface area (Å²) in [6.07, 6.45) is 0. The zero-order chi connectivity index (χ0) is 31.9. The Kier molecular flexibility index (Phi) is 6.02. The maximum absolute atomic E-state index is 12.8. The lowest BCUT2D eigenvalue weighted by atomic mass is 10.1. The van der Waals surface area contributed by atoms with Crippen LogP contribution >= 0.6 is 45.3 Å². The molecule has 0 spiro atoms. The van der Waals surface area contributed by atoms with Crippen LogP contribution in [-0.4, -0.2) is 41.5 Å². The van der Waals surface area contributed by atoms with E-state index >= 15 is 0 Å². The molecule has 14 heteroatoms. The van der Waals surface area contributed by atoms with Crippen LogP contribution in [0.5, 0.6) is 0 Å². The van der Waals surface area contributed by atoms with Crippen LogP contribution in [0.25, 0.3) is 74.1 Å². The molecule has 0 atom stereocenters. The van der Waals surface area contributed by atoms with Crippen LogP contribution in [0.3, 0.4) is 0 Å². The van der Waals surface area contributed by atoms with Gasteiger partial charge in [-0.15, -0.1) is 0 Å². The zero-order valence-electron chi connectivity index (χ0n) is 24.0. The fourth-order valence-electron chi connectivity index (χ4n) is 5.36. The Morgan fingerprint density at radius 1 is 0.479 bits per heavy atom. The van der Waals surface area contributed by atoms with E-state index in [-0.39, 0.29) is 11.6 Å². The Hall–Kier alpha value is -5.54. The minimum Gasteiger partial charge on any atom is -0.434 e. The Bertz CT molecular complexity index is 2570. The van der Waals surface area contributed by atoms with E-state index in [1.807, 2.05) is 60.7 Å². The second-order valence-corrected chi connectivity index (χ2v) is 14.6. The number of carbonyl (C=O) groups excluding carboxylic acids is 2. The smallest absolute Gasteiger partial charge is 0.257 e. The molecule has 228 valence electrons. The highest BCUT2D eigenvalue weighted by Crippen LogP contribution is 2.38. The molecule has 6 aromatic heterocycles. The molecular weight excluding hydrogens is 685 g/mol. The lowest BCUT2D eigenvalue weighted by molar-refractivity contribution is 0.103. The van der Waals surface area contributed by atoms with Crippen molar-refractivity contribution in [1.29, 1.82) is 0 Å². The van der Waals surface area contributed by atoms with Crippen LogP contribution in [-0.2, 0) is 0 Å². The summed E-state index contributed by atoms with van der Waals surface area (Å²) in [5, 5.41) is 3.82. The summed E-state index contributed by atoms with van der Waals surface area (Å²) in [7, 11) is 0. The van der Waals surface area contributed by atoms with Crippen molar-refractivity contribution in [2.45, 2.75) is 0 Å². The predicted molar refractivity (Wildman–Crippen MR) is 187 cm³/mol. The molecule has 0 amide bonds. The van der Waals surface area contributed by atoms with Gasteiger partial charge in [0.2, 0.25) is 11.6 Å². The Balaban J connectivity index is 0.944. The molecule has 0 N–H and O–H groups in total. The zero-order valence-corrected chi connectivity index (χ0v) is 27.3. The molecule has 0 saturated carbocycles. The van der Waals surface area contributed by atoms with E-state index in [4.69, 9.17) is 18.8 Å². The van der Waals surface area contributed by atoms with Gasteiger partial charge in [-0.25, -0.2) is 29.9 Å². The van der Waals surface area contributed by atoms with E-state index < -0.39 is 0 Å². The van der Waals surface area contributed by atoms with E-state index in [1.165, 1.54) is 45.3 Å². The van der Waals surface area contributed by atoms with Gasteiger partial charge >= 0.3 is 0 Å². The van der Waals surface area contributed by atoms with Gasteiger partial charge in [-0.05, 0) is 35.0 Å². The van der Waals surface area contributed by atoms with Gasteiger partial charge in [0.25, 0.3) is 11.8 Å². The number of carbonyl (C=O) groups is 2. The van der Waals surface area contributed by atoms with E-state index in [1.54, 1.807) is 24.3 Å². The molecule has 0 bridgehead atoms. The summed E-state index contributed by atoms with van der Waals surface area (Å²) < 4.78 is 12.3. The van der Waals surface area contributed by atoms with Gasteiger partial charge in [0, 0.05) is 11.1 Å². The van der Waals surface area contributed by atoms with Gasteiger partial charge in [-0.2, -0.15) is 0 Å². The number of thiazole rings is 4. The average molecular weight is 699 g/mol. The fraction of sp³-hybridized carbons (Fsp3) is 0. The molecule has 0 saturated heterocycles. The largest absolute Gasteiger partial charge is 0.434 e. The number of rotatable bonds is 6. The van der Waals surface area contributed by atoms with Gasteiger partial charge in [0.05, 0.1) is 0 Å². The number of oxazole rings is 2. The van der Waals surface area contributed by atoms with E-state index in [2.05, 4.69) is 19.9 Å². The topological polar surface area (TPSA) is 138 Å². The first-order chi connectivity index (χ1) is 23.5. The Morgan fingerprint density at radius 3 is 1.31 bits per heavy atom. The van der Waals surface area contributed by atoms with Crippen LogP contribution in [0.4, 0.5) is 0 Å². The molecule has 0 aliphatic rings. The second kappa shape index (κ2) is 10.5. The van der Waals surface area contributed by atoms with Crippen molar-refractivity contribution in [2.75, 3.05) is 0 Å². The number of fused-ring (bicyclic) bond motifs is 5. The summed E-state index contributed by atoms with van der Waals surface area (Å²) in [6.45, 7) is 0. The van der Waals surface area contributed by atoms with Crippen LogP contribution in [0.1, 0.15) is 30.7 Å². The third-order valence-electron chi connectivity index (χ3n) is 7.63. The molecule has 10 nitrogen and oxygen atoms in total. The maximum Gasteiger partial charge on any atom is 0.257 e. The second-order valence-electron chi connectivity index (χ2n) is 10.7. The number of nitrogens with zero attached hydrogens (tertiary/aromatic N) is 6. The van der Waals surface area contributed by atoms with Gasteiger partial charge in [-0.3, -0.25) is 9.59 Å². The number of hydrogen-bond donors (Lipinski definition) is 0. The van der Waals surface area contributed by atoms with E-state index in [9.17, 15) is 9.59 Å². The van der Waals surface area contributed by atoms with Crippen molar-refractivity contribution in [3.05, 3.63) is 106 Å². The highest BCUT2D eigenvalue weighted by atomic mass is 32.1. The first-order valence-electron chi connectivity index (χ1n) is 14.4. The average Bonchev–Trinajstić information content (AvgIpc) is 3.95. The summed E-state index contributed by atoms with van der Waals surface area (Å²) in [4.78, 5) is 56.2. The van der Waals surface area contributed by atoms with Crippen LogP contribution in [0.15, 0.2) is 93.8 Å².